The maximum atomic E-state index is 7.42. The lowest BCUT2D eigenvalue weighted by atomic mass is 10.1. The minimum absolute atomic E-state index is 0.00269. The number of hydrogen-bond acceptors (Lipinski definition) is 5. The molecular weight excluding hydrogens is 330 g/mol. The number of nitrogens with zero attached hydrogens (tertiary/aromatic N) is 3. The minimum atomic E-state index is -0.00422. The van der Waals surface area contributed by atoms with Gasteiger partial charge < -0.3 is 22.6 Å². The Morgan fingerprint density at radius 3 is 2.08 bits per heavy atom. The molecule has 9 heteroatoms. The highest BCUT2D eigenvalue weighted by atomic mass is 15.4. The summed E-state index contributed by atoms with van der Waals surface area (Å²) in [7, 11) is 0. The topological polar surface area (TPSA) is 175 Å². The first kappa shape index (κ1) is 18.6. The lowest BCUT2D eigenvalue weighted by Gasteiger charge is -2.04. The molecule has 0 amide bonds. The average molecular weight is 351 g/mol. The van der Waals surface area contributed by atoms with E-state index in [9.17, 15) is 0 Å². The minimum Gasteiger partial charge on any atom is -0.384 e. The van der Waals surface area contributed by atoms with E-state index in [-0.39, 0.29) is 17.6 Å². The smallest absolute Gasteiger partial charge is 0.256 e. The van der Waals surface area contributed by atoms with Crippen molar-refractivity contribution in [3.63, 3.8) is 0 Å². The number of rotatable bonds is 7. The largest absolute Gasteiger partial charge is 0.384 e. The van der Waals surface area contributed by atoms with E-state index in [2.05, 4.69) is 20.8 Å². The SMILES string of the molecule is N=C(N)c1cccc(CN=N/C(N)=N/NCc2cccc(C(=N)N)c2)c1. The Kier molecular flexibility index (Phi) is 6.38. The predicted molar refractivity (Wildman–Crippen MR) is 102 cm³/mol. The number of amidine groups is 2. The van der Waals surface area contributed by atoms with Gasteiger partial charge in [-0.05, 0) is 23.3 Å². The van der Waals surface area contributed by atoms with Crippen molar-refractivity contribution >= 4 is 17.6 Å². The highest BCUT2D eigenvalue weighted by Gasteiger charge is 1.99. The highest BCUT2D eigenvalue weighted by Crippen LogP contribution is 2.06. The first-order valence-electron chi connectivity index (χ1n) is 7.76. The maximum Gasteiger partial charge on any atom is 0.256 e. The number of azo groups is 1. The van der Waals surface area contributed by atoms with Gasteiger partial charge in [-0.25, -0.2) is 0 Å². The maximum absolute atomic E-state index is 7.42. The van der Waals surface area contributed by atoms with Crippen LogP contribution in [0.4, 0.5) is 0 Å². The second-order valence-electron chi connectivity index (χ2n) is 5.43. The number of nitrogens with one attached hydrogen (secondary N) is 3. The summed E-state index contributed by atoms with van der Waals surface area (Å²) in [6.45, 7) is 0.718. The van der Waals surface area contributed by atoms with Gasteiger partial charge in [0.25, 0.3) is 5.96 Å². The molecule has 0 atom stereocenters. The van der Waals surface area contributed by atoms with Crippen molar-refractivity contribution < 1.29 is 0 Å². The third-order valence-corrected chi connectivity index (χ3v) is 3.38. The van der Waals surface area contributed by atoms with E-state index in [1.807, 2.05) is 18.2 Å². The zero-order chi connectivity index (χ0) is 18.9. The van der Waals surface area contributed by atoms with Crippen LogP contribution in [-0.4, -0.2) is 17.6 Å². The van der Waals surface area contributed by atoms with Crippen LogP contribution >= 0.6 is 0 Å². The molecule has 0 aliphatic carbocycles. The molecule has 0 heterocycles. The Morgan fingerprint density at radius 1 is 0.885 bits per heavy atom. The number of guanidine groups is 1. The van der Waals surface area contributed by atoms with Crippen molar-refractivity contribution in [1.29, 1.82) is 10.8 Å². The van der Waals surface area contributed by atoms with Crippen molar-refractivity contribution in [2.75, 3.05) is 0 Å². The normalized spacial score (nSPS) is 11.5. The Bertz CT molecular complexity index is 855. The quantitative estimate of drug-likeness (QED) is 0.190. The molecule has 0 unspecified atom stereocenters. The molecule has 134 valence electrons. The van der Waals surface area contributed by atoms with Gasteiger partial charge in [-0.3, -0.25) is 10.8 Å². The summed E-state index contributed by atoms with van der Waals surface area (Å²) in [6.07, 6.45) is 0. The van der Waals surface area contributed by atoms with Crippen LogP contribution in [0.15, 0.2) is 63.9 Å². The number of benzene rings is 2. The Morgan fingerprint density at radius 2 is 1.46 bits per heavy atom. The summed E-state index contributed by atoms with van der Waals surface area (Å²) in [4.78, 5) is 0. The molecule has 0 saturated heterocycles. The first-order chi connectivity index (χ1) is 12.5. The van der Waals surface area contributed by atoms with Gasteiger partial charge in [0.15, 0.2) is 0 Å². The second-order valence-corrected chi connectivity index (χ2v) is 5.43. The van der Waals surface area contributed by atoms with Crippen molar-refractivity contribution in [1.82, 2.24) is 5.43 Å². The number of nitrogen functional groups attached to an aromatic ring is 2. The van der Waals surface area contributed by atoms with Crippen molar-refractivity contribution in [2.45, 2.75) is 13.1 Å². The van der Waals surface area contributed by atoms with Gasteiger partial charge in [-0.2, -0.15) is 5.11 Å². The van der Waals surface area contributed by atoms with E-state index in [1.54, 1.807) is 30.3 Å². The summed E-state index contributed by atoms with van der Waals surface area (Å²) in [6, 6.07) is 14.4. The molecule has 2 aromatic carbocycles. The average Bonchev–Trinajstić information content (AvgIpc) is 2.62. The Balaban J connectivity index is 1.87. The van der Waals surface area contributed by atoms with E-state index < -0.39 is 0 Å². The molecule has 0 aromatic heterocycles. The van der Waals surface area contributed by atoms with Gasteiger partial charge in [-0.15, -0.1) is 10.2 Å². The number of hydrazone groups is 1. The van der Waals surface area contributed by atoms with Crippen LogP contribution in [0.2, 0.25) is 0 Å². The van der Waals surface area contributed by atoms with E-state index in [0.29, 0.717) is 24.2 Å². The molecule has 0 radical (unpaired) electrons. The van der Waals surface area contributed by atoms with Crippen LogP contribution < -0.4 is 22.6 Å². The molecule has 9 nitrogen and oxygen atoms in total. The van der Waals surface area contributed by atoms with Crippen LogP contribution in [-0.2, 0) is 13.1 Å². The third kappa shape index (κ3) is 5.71. The molecule has 0 saturated carbocycles. The van der Waals surface area contributed by atoms with E-state index in [1.165, 1.54) is 0 Å². The zero-order valence-corrected chi connectivity index (χ0v) is 14.1. The molecule has 0 fully saturated rings. The van der Waals surface area contributed by atoms with E-state index in [4.69, 9.17) is 28.0 Å². The number of nitrogens with two attached hydrogens (primary N) is 3. The van der Waals surface area contributed by atoms with Gasteiger partial charge in [0.1, 0.15) is 11.7 Å². The van der Waals surface area contributed by atoms with Crippen LogP contribution in [0.5, 0.6) is 0 Å². The van der Waals surface area contributed by atoms with Crippen LogP contribution in [0.25, 0.3) is 0 Å². The standard InChI is InChI=1S/C17H21N9/c18-15(19)13-5-1-3-11(7-13)9-23-25-17(22)26-24-10-12-4-2-6-14(8-12)16(20)21/h1-8,23H,9-10H2,(H3,18,19)(H3,20,21)(H2,22,25). The third-order valence-electron chi connectivity index (χ3n) is 3.38. The fourth-order valence-electron chi connectivity index (χ4n) is 2.11. The lowest BCUT2D eigenvalue weighted by Crippen LogP contribution is -2.16. The monoisotopic (exact) mass is 351 g/mol. The summed E-state index contributed by atoms with van der Waals surface area (Å²) in [5.74, 6) is 0.0101. The van der Waals surface area contributed by atoms with Crippen LogP contribution in [0.3, 0.4) is 0 Å². The zero-order valence-electron chi connectivity index (χ0n) is 14.1. The molecule has 0 spiro atoms. The first-order valence-corrected chi connectivity index (χ1v) is 7.76. The fourth-order valence-corrected chi connectivity index (χ4v) is 2.11. The van der Waals surface area contributed by atoms with Crippen molar-refractivity contribution in [3.8, 4) is 0 Å². The second kappa shape index (κ2) is 8.92. The molecule has 0 aliphatic heterocycles. The summed E-state index contributed by atoms with van der Waals surface area (Å²) in [5, 5.41) is 26.6. The number of hydrogen-bond donors (Lipinski definition) is 6. The molecular formula is C17H21N9. The molecule has 0 bridgehead atoms. The molecule has 9 N–H and O–H groups in total. The highest BCUT2D eigenvalue weighted by molar-refractivity contribution is 5.95. The van der Waals surface area contributed by atoms with Crippen LogP contribution in [0, 0.1) is 10.8 Å². The summed E-state index contributed by atoms with van der Waals surface area (Å²) < 4.78 is 0. The molecule has 2 aromatic rings. The Hall–Kier alpha value is -3.75. The summed E-state index contributed by atoms with van der Waals surface area (Å²) in [5.41, 5.74) is 22.4. The van der Waals surface area contributed by atoms with E-state index >= 15 is 0 Å². The lowest BCUT2D eigenvalue weighted by molar-refractivity contribution is 0.738. The molecule has 26 heavy (non-hydrogen) atoms. The Labute approximate surface area is 151 Å². The van der Waals surface area contributed by atoms with Gasteiger partial charge in [-0.1, -0.05) is 36.4 Å². The van der Waals surface area contributed by atoms with Crippen LogP contribution in [0.1, 0.15) is 22.3 Å². The molecule has 2 rings (SSSR count). The fraction of sp³-hybridized carbons (Fsp3) is 0.118. The predicted octanol–water partition coefficient (Wildman–Crippen LogP) is 1.23. The van der Waals surface area contributed by atoms with Gasteiger partial charge in [0.2, 0.25) is 0 Å². The van der Waals surface area contributed by atoms with Gasteiger partial charge in [0.05, 0.1) is 13.1 Å². The van der Waals surface area contributed by atoms with Crippen molar-refractivity contribution in [2.24, 2.45) is 32.5 Å². The van der Waals surface area contributed by atoms with Gasteiger partial charge >= 0.3 is 0 Å². The summed E-state index contributed by atoms with van der Waals surface area (Å²) >= 11 is 0. The van der Waals surface area contributed by atoms with E-state index in [0.717, 1.165) is 11.1 Å². The van der Waals surface area contributed by atoms with Gasteiger partial charge in [0, 0.05) is 11.1 Å². The van der Waals surface area contributed by atoms with Crippen molar-refractivity contribution in [3.05, 3.63) is 70.8 Å². The molecule has 0 aliphatic rings.